The highest BCUT2D eigenvalue weighted by molar-refractivity contribution is 5.72. The van der Waals surface area contributed by atoms with Crippen LogP contribution in [-0.2, 0) is 16.0 Å². The van der Waals surface area contributed by atoms with E-state index in [0.29, 0.717) is 49.9 Å². The van der Waals surface area contributed by atoms with Crippen molar-refractivity contribution < 1.29 is 14.6 Å². The Morgan fingerprint density at radius 3 is 2.48 bits per heavy atom. The van der Waals surface area contributed by atoms with E-state index in [-0.39, 0.29) is 23.6 Å². The Kier molecular flexibility index (Phi) is 8.83. The lowest BCUT2D eigenvalue weighted by molar-refractivity contribution is -0.156. The number of aromatic nitrogens is 4. The number of carbonyl (C=O) groups is 1. The first-order valence-corrected chi connectivity index (χ1v) is 14.8. The van der Waals surface area contributed by atoms with E-state index < -0.39 is 12.1 Å². The van der Waals surface area contributed by atoms with Gasteiger partial charge in [0.25, 0.3) is 5.56 Å². The van der Waals surface area contributed by atoms with Crippen molar-refractivity contribution >= 4 is 11.7 Å². The lowest BCUT2D eigenvalue weighted by Crippen LogP contribution is -2.37. The van der Waals surface area contributed by atoms with Gasteiger partial charge in [0.05, 0.1) is 23.4 Å². The summed E-state index contributed by atoms with van der Waals surface area (Å²) in [4.78, 5) is 30.4. The molecule has 0 saturated heterocycles. The fourth-order valence-electron chi connectivity index (χ4n) is 6.24. The summed E-state index contributed by atoms with van der Waals surface area (Å²) in [7, 11) is 0. The summed E-state index contributed by atoms with van der Waals surface area (Å²) in [6.07, 6.45) is 5.25. The van der Waals surface area contributed by atoms with Gasteiger partial charge in [-0.3, -0.25) is 9.36 Å². The molecule has 0 amide bonds. The van der Waals surface area contributed by atoms with Gasteiger partial charge in [-0.2, -0.15) is 15.3 Å². The molecule has 1 fully saturated rings. The Hall–Kier alpha value is -4.29. The van der Waals surface area contributed by atoms with E-state index in [1.54, 1.807) is 4.57 Å². The number of fused-ring (bicyclic) bond motifs is 1. The lowest BCUT2D eigenvalue weighted by atomic mass is 9.89. The average Bonchev–Trinajstić information content (AvgIpc) is 3.50. The summed E-state index contributed by atoms with van der Waals surface area (Å²) >= 11 is 0. The molecule has 2 aromatic heterocycles. The predicted molar refractivity (Wildman–Crippen MR) is 159 cm³/mol. The van der Waals surface area contributed by atoms with Crippen molar-refractivity contribution in [3.8, 4) is 17.2 Å². The first kappa shape index (κ1) is 29.2. The van der Waals surface area contributed by atoms with Crippen molar-refractivity contribution in [1.29, 1.82) is 5.26 Å². The van der Waals surface area contributed by atoms with Gasteiger partial charge in [-0.05, 0) is 61.3 Å². The number of hydrogen-bond donors (Lipinski definition) is 1. The fraction of sp³-hybridized carbons (Fsp3) is 0.424. The van der Waals surface area contributed by atoms with Crippen LogP contribution in [0.15, 0.2) is 59.7 Å². The molecule has 5 rings (SSSR count). The van der Waals surface area contributed by atoms with Crippen LogP contribution < -0.4 is 5.56 Å². The smallest absolute Gasteiger partial charge is 0.332 e. The second-order valence-corrected chi connectivity index (χ2v) is 11.1. The summed E-state index contributed by atoms with van der Waals surface area (Å²) in [6, 6.07) is 17.8. The highest BCUT2D eigenvalue weighted by Gasteiger charge is 2.31. The molecule has 9 heteroatoms. The number of aliphatic carboxylic acids is 1. The SMILES string of the molecule is CCCc1c(C(C)c2ccc(-c3ccccc3C#N)cc2)c(=O)n(C2CCC(OC(CC)C(=O)O)CC2)c2ncnn12. The van der Waals surface area contributed by atoms with Crippen LogP contribution in [0.4, 0.5) is 0 Å². The number of hydrogen-bond acceptors (Lipinski definition) is 6. The Morgan fingerprint density at radius 1 is 1.12 bits per heavy atom. The maximum atomic E-state index is 14.4. The number of aryl methyl sites for hydroxylation is 1. The Morgan fingerprint density at radius 2 is 1.83 bits per heavy atom. The summed E-state index contributed by atoms with van der Waals surface area (Å²) in [5.41, 5.74) is 5.00. The molecular weight excluding hydrogens is 530 g/mol. The van der Waals surface area contributed by atoms with Crippen molar-refractivity contribution in [2.45, 2.75) is 89.9 Å². The van der Waals surface area contributed by atoms with Crippen LogP contribution in [0, 0.1) is 11.3 Å². The number of carboxylic acids is 1. The molecule has 42 heavy (non-hydrogen) atoms. The van der Waals surface area contributed by atoms with Crippen LogP contribution in [0.25, 0.3) is 16.9 Å². The molecule has 0 bridgehead atoms. The van der Waals surface area contributed by atoms with Crippen molar-refractivity contribution in [3.63, 3.8) is 0 Å². The zero-order chi connectivity index (χ0) is 29.8. The molecule has 2 unspecified atom stereocenters. The molecule has 1 aliphatic rings. The van der Waals surface area contributed by atoms with Crippen LogP contribution in [-0.4, -0.2) is 42.4 Å². The molecule has 1 aliphatic carbocycles. The first-order valence-electron chi connectivity index (χ1n) is 14.8. The van der Waals surface area contributed by atoms with Crippen LogP contribution >= 0.6 is 0 Å². The van der Waals surface area contributed by atoms with Gasteiger partial charge in [0.15, 0.2) is 6.10 Å². The van der Waals surface area contributed by atoms with E-state index in [0.717, 1.165) is 34.4 Å². The van der Waals surface area contributed by atoms with Gasteiger partial charge in [-0.25, -0.2) is 9.31 Å². The van der Waals surface area contributed by atoms with Crippen molar-refractivity contribution in [1.82, 2.24) is 19.2 Å². The fourth-order valence-corrected chi connectivity index (χ4v) is 6.24. The molecule has 1 saturated carbocycles. The Balaban J connectivity index is 1.50. The highest BCUT2D eigenvalue weighted by Crippen LogP contribution is 2.34. The van der Waals surface area contributed by atoms with Gasteiger partial charge in [-0.1, -0.05) is 69.7 Å². The second kappa shape index (κ2) is 12.7. The van der Waals surface area contributed by atoms with Gasteiger partial charge in [0.1, 0.15) is 6.33 Å². The van der Waals surface area contributed by atoms with Gasteiger partial charge in [-0.15, -0.1) is 0 Å². The maximum Gasteiger partial charge on any atom is 0.332 e. The third kappa shape index (κ3) is 5.59. The number of ether oxygens (including phenoxy) is 1. The van der Waals surface area contributed by atoms with E-state index >= 15 is 0 Å². The molecule has 218 valence electrons. The second-order valence-electron chi connectivity index (χ2n) is 11.1. The summed E-state index contributed by atoms with van der Waals surface area (Å²) in [5.74, 6) is -0.586. The highest BCUT2D eigenvalue weighted by atomic mass is 16.5. The standard InChI is InChI=1S/C33H37N5O4/c1-4-8-28-30(21(3)22-11-13-23(14-12-22)27-10-7-6-9-24(27)19-34)31(39)37(33-35-20-36-38(28)33)25-15-17-26(18-16-25)42-29(5-2)32(40)41/h6-7,9-14,20-21,25-26,29H,4-5,8,15-18H2,1-3H3,(H,40,41). The zero-order valence-corrected chi connectivity index (χ0v) is 24.4. The van der Waals surface area contributed by atoms with Crippen LogP contribution in [0.2, 0.25) is 0 Å². The van der Waals surface area contributed by atoms with Crippen LogP contribution in [0.5, 0.6) is 0 Å². The van der Waals surface area contributed by atoms with Gasteiger partial charge >= 0.3 is 5.97 Å². The molecule has 0 radical (unpaired) electrons. The number of nitrogens with zero attached hydrogens (tertiary/aromatic N) is 5. The lowest BCUT2D eigenvalue weighted by Gasteiger charge is -2.32. The minimum Gasteiger partial charge on any atom is -0.479 e. The van der Waals surface area contributed by atoms with Crippen molar-refractivity contribution in [3.05, 3.63) is 87.6 Å². The van der Waals surface area contributed by atoms with Crippen molar-refractivity contribution in [2.75, 3.05) is 0 Å². The minimum atomic E-state index is -0.937. The summed E-state index contributed by atoms with van der Waals surface area (Å²) in [5, 5.41) is 23.5. The van der Waals surface area contributed by atoms with E-state index in [9.17, 15) is 20.0 Å². The number of carboxylic acid groups (broad SMARTS) is 1. The molecule has 1 N–H and O–H groups in total. The third-order valence-electron chi connectivity index (χ3n) is 8.46. The molecular formula is C33H37N5O4. The molecule has 9 nitrogen and oxygen atoms in total. The Labute approximate surface area is 245 Å². The number of benzene rings is 2. The monoisotopic (exact) mass is 567 g/mol. The third-order valence-corrected chi connectivity index (χ3v) is 8.46. The van der Waals surface area contributed by atoms with Crippen molar-refractivity contribution in [2.24, 2.45) is 0 Å². The quantitative estimate of drug-likeness (QED) is 0.253. The first-order chi connectivity index (χ1) is 20.4. The minimum absolute atomic E-state index is 0.0494. The number of nitriles is 1. The molecule has 0 aliphatic heterocycles. The van der Waals surface area contributed by atoms with E-state index in [1.807, 2.05) is 60.0 Å². The van der Waals surface area contributed by atoms with Crippen LogP contribution in [0.3, 0.4) is 0 Å². The molecule has 2 heterocycles. The van der Waals surface area contributed by atoms with Gasteiger partial charge in [0.2, 0.25) is 5.78 Å². The molecule has 2 aromatic carbocycles. The Bertz CT molecular complexity index is 1660. The summed E-state index contributed by atoms with van der Waals surface area (Å²) in [6.45, 7) is 5.96. The maximum absolute atomic E-state index is 14.4. The topological polar surface area (TPSA) is 123 Å². The van der Waals surface area contributed by atoms with E-state index in [1.165, 1.54) is 6.33 Å². The van der Waals surface area contributed by atoms with Gasteiger partial charge in [0, 0.05) is 17.5 Å². The van der Waals surface area contributed by atoms with Gasteiger partial charge < -0.3 is 9.84 Å². The molecule has 0 spiro atoms. The molecule has 2 atom stereocenters. The zero-order valence-electron chi connectivity index (χ0n) is 24.4. The van der Waals surface area contributed by atoms with E-state index in [4.69, 9.17) is 4.74 Å². The normalized spacial score (nSPS) is 18.4. The van der Waals surface area contributed by atoms with Crippen LogP contribution in [0.1, 0.15) is 93.6 Å². The molecule has 4 aromatic rings. The predicted octanol–water partition coefficient (Wildman–Crippen LogP) is 5.90. The largest absolute Gasteiger partial charge is 0.479 e. The summed E-state index contributed by atoms with van der Waals surface area (Å²) < 4.78 is 9.51. The number of rotatable bonds is 10. The van der Waals surface area contributed by atoms with E-state index in [2.05, 4.69) is 30.0 Å². The average molecular weight is 568 g/mol.